The molecule has 3 nitrogen and oxygen atoms in total. The molecule has 0 aliphatic carbocycles. The van der Waals surface area contributed by atoms with Crippen molar-refractivity contribution in [1.29, 1.82) is 0 Å². The second-order valence-electron chi connectivity index (χ2n) is 3.01. The lowest BCUT2D eigenvalue weighted by molar-refractivity contribution is 0.0978. The number of hydrogen-bond acceptors (Lipinski definition) is 3. The summed E-state index contributed by atoms with van der Waals surface area (Å²) in [5.74, 6) is -0.484. The van der Waals surface area contributed by atoms with Crippen LogP contribution in [-0.4, -0.2) is 10.8 Å². The van der Waals surface area contributed by atoms with Crippen LogP contribution in [0.15, 0.2) is 41.1 Å². The Morgan fingerprint density at radius 2 is 2.27 bits per heavy atom. The molecule has 0 saturated carbocycles. The molecule has 2 rings (SSSR count). The van der Waals surface area contributed by atoms with E-state index in [-0.39, 0.29) is 17.9 Å². The third-order valence-electron chi connectivity index (χ3n) is 1.94. The van der Waals surface area contributed by atoms with Gasteiger partial charge in [-0.3, -0.25) is 9.78 Å². The lowest BCUT2D eigenvalue weighted by Gasteiger charge is -1.98. The van der Waals surface area contributed by atoms with Crippen LogP contribution in [0.1, 0.15) is 16.2 Å². The molecule has 0 fully saturated rings. The van der Waals surface area contributed by atoms with Crippen molar-refractivity contribution in [2.75, 3.05) is 0 Å². The number of carbonyl (C=O) groups is 1. The van der Waals surface area contributed by atoms with E-state index in [1.54, 1.807) is 12.1 Å². The van der Waals surface area contributed by atoms with Crippen molar-refractivity contribution < 1.29 is 13.6 Å². The first-order valence-corrected chi connectivity index (χ1v) is 4.43. The van der Waals surface area contributed by atoms with E-state index in [0.717, 1.165) is 0 Å². The first kappa shape index (κ1) is 9.58. The summed E-state index contributed by atoms with van der Waals surface area (Å²) < 4.78 is 18.1. The first-order chi connectivity index (χ1) is 7.27. The number of pyridine rings is 1. The highest BCUT2D eigenvalue weighted by atomic mass is 19.1. The molecule has 4 heteroatoms. The van der Waals surface area contributed by atoms with Gasteiger partial charge in [0.05, 0.1) is 12.7 Å². The lowest BCUT2D eigenvalue weighted by Crippen LogP contribution is -2.07. The summed E-state index contributed by atoms with van der Waals surface area (Å²) in [6, 6.07) is 6.00. The topological polar surface area (TPSA) is 43.1 Å². The zero-order chi connectivity index (χ0) is 10.7. The van der Waals surface area contributed by atoms with Gasteiger partial charge in [-0.2, -0.15) is 0 Å². The van der Waals surface area contributed by atoms with Gasteiger partial charge in [-0.05, 0) is 24.3 Å². The summed E-state index contributed by atoms with van der Waals surface area (Å²) >= 11 is 0. The van der Waals surface area contributed by atoms with Crippen molar-refractivity contribution in [2.45, 2.75) is 6.42 Å². The molecule has 2 aromatic heterocycles. The van der Waals surface area contributed by atoms with E-state index in [1.807, 2.05) is 0 Å². The van der Waals surface area contributed by atoms with E-state index in [9.17, 15) is 9.18 Å². The van der Waals surface area contributed by atoms with Crippen LogP contribution in [0.2, 0.25) is 0 Å². The van der Waals surface area contributed by atoms with Crippen LogP contribution >= 0.6 is 0 Å². The molecule has 15 heavy (non-hydrogen) atoms. The molecule has 0 aliphatic rings. The van der Waals surface area contributed by atoms with E-state index in [1.165, 1.54) is 24.6 Å². The molecule has 2 aromatic rings. The fraction of sp³-hybridized carbons (Fsp3) is 0.0909. The molecular formula is C11H8FNO2. The molecule has 0 aromatic carbocycles. The van der Waals surface area contributed by atoms with Crippen molar-refractivity contribution in [2.24, 2.45) is 0 Å². The van der Waals surface area contributed by atoms with Gasteiger partial charge in [0.25, 0.3) is 0 Å². The van der Waals surface area contributed by atoms with Crippen LogP contribution in [0.5, 0.6) is 0 Å². The summed E-state index contributed by atoms with van der Waals surface area (Å²) in [5.41, 5.74) is -0.145. The van der Waals surface area contributed by atoms with E-state index >= 15 is 0 Å². The number of furan rings is 1. The highest BCUT2D eigenvalue weighted by Gasteiger charge is 2.14. The maximum absolute atomic E-state index is 13.2. The minimum atomic E-state index is -0.603. The standard InChI is InChI=1S/C11H8FNO2/c12-9-4-1-5-13-11(9)10(14)7-8-3-2-6-15-8/h1-6H,7H2. The second kappa shape index (κ2) is 4.04. The lowest BCUT2D eigenvalue weighted by atomic mass is 10.1. The van der Waals surface area contributed by atoms with Crippen molar-refractivity contribution in [3.63, 3.8) is 0 Å². The molecule has 0 saturated heterocycles. The molecule has 0 bridgehead atoms. The van der Waals surface area contributed by atoms with Gasteiger partial charge in [-0.25, -0.2) is 4.39 Å². The number of carbonyl (C=O) groups excluding carboxylic acids is 1. The molecule has 76 valence electrons. The Labute approximate surface area is 85.6 Å². The highest BCUT2D eigenvalue weighted by Crippen LogP contribution is 2.09. The quantitative estimate of drug-likeness (QED) is 0.721. The monoisotopic (exact) mass is 205 g/mol. The van der Waals surface area contributed by atoms with Crippen molar-refractivity contribution in [3.8, 4) is 0 Å². The average molecular weight is 205 g/mol. The zero-order valence-electron chi connectivity index (χ0n) is 7.81. The molecule has 0 unspecified atom stereocenters. The van der Waals surface area contributed by atoms with E-state index < -0.39 is 5.82 Å². The number of rotatable bonds is 3. The predicted molar refractivity (Wildman–Crippen MR) is 50.9 cm³/mol. The van der Waals surface area contributed by atoms with E-state index in [4.69, 9.17) is 4.42 Å². The fourth-order valence-corrected chi connectivity index (χ4v) is 1.25. The molecule has 0 radical (unpaired) electrons. The fourth-order valence-electron chi connectivity index (χ4n) is 1.25. The molecule has 0 spiro atoms. The van der Waals surface area contributed by atoms with Crippen LogP contribution < -0.4 is 0 Å². The Balaban J connectivity index is 2.19. The third kappa shape index (κ3) is 2.10. The largest absolute Gasteiger partial charge is 0.469 e. The Morgan fingerprint density at radius 3 is 2.93 bits per heavy atom. The minimum absolute atomic E-state index is 0.0287. The van der Waals surface area contributed by atoms with Crippen LogP contribution in [0.3, 0.4) is 0 Å². The normalized spacial score (nSPS) is 10.2. The zero-order valence-corrected chi connectivity index (χ0v) is 7.81. The second-order valence-corrected chi connectivity index (χ2v) is 3.01. The number of halogens is 1. The van der Waals surface area contributed by atoms with Crippen LogP contribution in [0, 0.1) is 5.82 Å². The Bertz CT molecular complexity index is 465. The molecule has 2 heterocycles. The van der Waals surface area contributed by atoms with Crippen molar-refractivity contribution in [1.82, 2.24) is 4.98 Å². The van der Waals surface area contributed by atoms with E-state index in [2.05, 4.69) is 4.98 Å². The van der Waals surface area contributed by atoms with Gasteiger partial charge in [0, 0.05) is 6.20 Å². The number of hydrogen-bond donors (Lipinski definition) is 0. The van der Waals surface area contributed by atoms with Crippen LogP contribution in [-0.2, 0) is 6.42 Å². The summed E-state index contributed by atoms with van der Waals surface area (Å²) in [6.45, 7) is 0. The maximum atomic E-state index is 13.2. The molecule has 0 N–H and O–H groups in total. The summed E-state index contributed by atoms with van der Waals surface area (Å²) in [6.07, 6.45) is 2.89. The SMILES string of the molecule is O=C(Cc1ccco1)c1ncccc1F. The predicted octanol–water partition coefficient (Wildman–Crippen LogP) is 2.24. The Hall–Kier alpha value is -1.97. The third-order valence-corrected chi connectivity index (χ3v) is 1.94. The van der Waals surface area contributed by atoms with Gasteiger partial charge >= 0.3 is 0 Å². The smallest absolute Gasteiger partial charge is 0.191 e. The summed E-state index contributed by atoms with van der Waals surface area (Å²) in [4.78, 5) is 15.3. The Kier molecular flexibility index (Phi) is 2.58. The first-order valence-electron chi connectivity index (χ1n) is 4.43. The van der Waals surface area contributed by atoms with Gasteiger partial charge in [0.15, 0.2) is 11.6 Å². The molecule has 0 atom stereocenters. The minimum Gasteiger partial charge on any atom is -0.469 e. The van der Waals surface area contributed by atoms with Crippen molar-refractivity contribution >= 4 is 5.78 Å². The average Bonchev–Trinajstić information content (AvgIpc) is 2.71. The van der Waals surface area contributed by atoms with E-state index in [0.29, 0.717) is 5.76 Å². The van der Waals surface area contributed by atoms with Crippen LogP contribution in [0.4, 0.5) is 4.39 Å². The van der Waals surface area contributed by atoms with Crippen LogP contribution in [0.25, 0.3) is 0 Å². The highest BCUT2D eigenvalue weighted by molar-refractivity contribution is 5.95. The van der Waals surface area contributed by atoms with Gasteiger partial charge in [-0.1, -0.05) is 0 Å². The van der Waals surface area contributed by atoms with Crippen molar-refractivity contribution in [3.05, 3.63) is 54.0 Å². The molecule has 0 amide bonds. The maximum Gasteiger partial charge on any atom is 0.191 e. The molecule has 0 aliphatic heterocycles. The number of Topliss-reactive ketones (excluding diaryl/α,β-unsaturated/α-hetero) is 1. The van der Waals surface area contributed by atoms with Gasteiger partial charge in [0.2, 0.25) is 0 Å². The number of ketones is 1. The summed E-state index contributed by atoms with van der Waals surface area (Å²) in [5, 5.41) is 0. The van der Waals surface area contributed by atoms with Gasteiger partial charge < -0.3 is 4.42 Å². The summed E-state index contributed by atoms with van der Waals surface area (Å²) in [7, 11) is 0. The number of nitrogens with zero attached hydrogens (tertiary/aromatic N) is 1. The molecular weight excluding hydrogens is 197 g/mol. The Morgan fingerprint density at radius 1 is 1.40 bits per heavy atom. The van der Waals surface area contributed by atoms with Gasteiger partial charge in [-0.15, -0.1) is 0 Å². The number of aromatic nitrogens is 1. The van der Waals surface area contributed by atoms with Gasteiger partial charge in [0.1, 0.15) is 11.5 Å².